The number of benzene rings is 1. The van der Waals surface area contributed by atoms with Crippen LogP contribution < -0.4 is 15.4 Å². The number of piperidine rings is 1. The summed E-state index contributed by atoms with van der Waals surface area (Å²) in [5.41, 5.74) is 1.34. The summed E-state index contributed by atoms with van der Waals surface area (Å²) in [6.07, 6.45) is 7.98. The van der Waals surface area contributed by atoms with Crippen LogP contribution in [0, 0.1) is 11.3 Å². The molecule has 0 bridgehead atoms. The molecule has 1 spiro atoms. The van der Waals surface area contributed by atoms with Crippen molar-refractivity contribution in [1.29, 1.82) is 0 Å². The van der Waals surface area contributed by atoms with E-state index in [1.807, 2.05) is 37.8 Å². The van der Waals surface area contributed by atoms with Gasteiger partial charge in [-0.2, -0.15) is 0 Å². The fraction of sp³-hybridized carbons (Fsp3) is 0.593. The van der Waals surface area contributed by atoms with Crippen molar-refractivity contribution >= 4 is 11.8 Å². The summed E-state index contributed by atoms with van der Waals surface area (Å²) in [6, 6.07) is 7.18. The van der Waals surface area contributed by atoms with Crippen LogP contribution >= 0.6 is 0 Å². The molecule has 0 saturated carbocycles. The van der Waals surface area contributed by atoms with Crippen LogP contribution in [-0.4, -0.2) is 58.5 Å². The van der Waals surface area contributed by atoms with Crippen molar-refractivity contribution in [3.63, 3.8) is 0 Å². The zero-order chi connectivity index (χ0) is 24.8. The fourth-order valence-electron chi connectivity index (χ4n) is 5.06. The summed E-state index contributed by atoms with van der Waals surface area (Å²) in [4.78, 5) is 33.2. The van der Waals surface area contributed by atoms with E-state index in [4.69, 9.17) is 4.74 Å². The Morgan fingerprint density at radius 3 is 2.63 bits per heavy atom. The minimum atomic E-state index is -0.387. The van der Waals surface area contributed by atoms with Crippen molar-refractivity contribution in [2.24, 2.45) is 18.4 Å². The average Bonchev–Trinajstić information content (AvgIpc) is 3.26. The molecule has 0 radical (unpaired) electrons. The number of carbonyl (C=O) groups is 2. The summed E-state index contributed by atoms with van der Waals surface area (Å²) in [6.45, 7) is 7.72. The SMILES string of the molecule is CC(C)[C@H]1COc2ccccc2C(=O)NCCCCC2(CCN(Cc3cncn3C)CC2)C(=O)N1. The van der Waals surface area contributed by atoms with Crippen molar-refractivity contribution in [2.45, 2.75) is 58.5 Å². The zero-order valence-corrected chi connectivity index (χ0v) is 21.3. The van der Waals surface area contributed by atoms with E-state index in [0.29, 0.717) is 24.5 Å². The van der Waals surface area contributed by atoms with Gasteiger partial charge in [0.1, 0.15) is 12.4 Å². The number of aryl methyl sites for hydroxylation is 1. The second-order valence-electron chi connectivity index (χ2n) is 10.4. The predicted octanol–water partition coefficient (Wildman–Crippen LogP) is 3.14. The van der Waals surface area contributed by atoms with Crippen molar-refractivity contribution < 1.29 is 14.3 Å². The van der Waals surface area contributed by atoms with E-state index < -0.39 is 0 Å². The third kappa shape index (κ3) is 6.04. The first kappa shape index (κ1) is 25.2. The highest BCUT2D eigenvalue weighted by Crippen LogP contribution is 2.38. The van der Waals surface area contributed by atoms with Crippen LogP contribution in [0.2, 0.25) is 0 Å². The molecule has 0 unspecified atom stereocenters. The van der Waals surface area contributed by atoms with Gasteiger partial charge < -0.3 is 19.9 Å². The number of imidazole rings is 1. The number of hydrogen-bond donors (Lipinski definition) is 2. The van der Waals surface area contributed by atoms with Crippen molar-refractivity contribution in [3.05, 3.63) is 48.0 Å². The normalized spacial score (nSPS) is 22.1. The minimum absolute atomic E-state index is 0.110. The van der Waals surface area contributed by atoms with Crippen LogP contribution in [0.5, 0.6) is 5.75 Å². The summed E-state index contributed by atoms with van der Waals surface area (Å²) in [7, 11) is 2.02. The number of rotatable bonds is 3. The maximum atomic E-state index is 13.8. The van der Waals surface area contributed by atoms with Crippen molar-refractivity contribution in [2.75, 3.05) is 26.2 Å². The highest BCUT2D eigenvalue weighted by Gasteiger charge is 2.42. The lowest BCUT2D eigenvalue weighted by atomic mass is 9.73. The van der Waals surface area contributed by atoms with E-state index >= 15 is 0 Å². The van der Waals surface area contributed by atoms with Crippen LogP contribution in [0.15, 0.2) is 36.8 Å². The van der Waals surface area contributed by atoms with Crippen LogP contribution in [0.4, 0.5) is 0 Å². The Labute approximate surface area is 208 Å². The van der Waals surface area contributed by atoms with Gasteiger partial charge >= 0.3 is 0 Å². The number of likely N-dealkylation sites (tertiary alicyclic amines) is 1. The van der Waals surface area contributed by atoms with E-state index in [0.717, 1.165) is 51.7 Å². The quantitative estimate of drug-likeness (QED) is 0.703. The molecule has 190 valence electrons. The van der Waals surface area contributed by atoms with Gasteiger partial charge in [0.25, 0.3) is 5.91 Å². The second kappa shape index (κ2) is 11.2. The molecule has 1 aromatic heterocycles. The summed E-state index contributed by atoms with van der Waals surface area (Å²) >= 11 is 0. The molecule has 1 saturated heterocycles. The van der Waals surface area contributed by atoms with E-state index in [-0.39, 0.29) is 29.2 Å². The van der Waals surface area contributed by atoms with Crippen LogP contribution in [0.1, 0.15) is 62.0 Å². The topological polar surface area (TPSA) is 88.5 Å². The molecule has 0 aliphatic carbocycles. The van der Waals surface area contributed by atoms with Crippen LogP contribution in [0.3, 0.4) is 0 Å². The second-order valence-corrected chi connectivity index (χ2v) is 10.4. The molecule has 1 atom stereocenters. The summed E-state index contributed by atoms with van der Waals surface area (Å²) in [5, 5.41) is 6.38. The lowest BCUT2D eigenvalue weighted by Crippen LogP contribution is -2.53. The number of nitrogens with one attached hydrogen (secondary N) is 2. The van der Waals surface area contributed by atoms with Crippen LogP contribution in [0.25, 0.3) is 0 Å². The van der Waals surface area contributed by atoms with Crippen LogP contribution in [-0.2, 0) is 18.4 Å². The predicted molar refractivity (Wildman–Crippen MR) is 135 cm³/mol. The molecule has 1 aromatic carbocycles. The lowest BCUT2D eigenvalue weighted by molar-refractivity contribution is -0.136. The third-order valence-electron chi connectivity index (χ3n) is 7.64. The number of hydrogen-bond acceptors (Lipinski definition) is 5. The van der Waals surface area contributed by atoms with Gasteiger partial charge in [0.15, 0.2) is 0 Å². The number of fused-ring (bicyclic) bond motifs is 1. The van der Waals surface area contributed by atoms with Gasteiger partial charge in [0.05, 0.1) is 29.0 Å². The monoisotopic (exact) mass is 481 g/mol. The van der Waals surface area contributed by atoms with Gasteiger partial charge in [-0.15, -0.1) is 0 Å². The molecule has 2 aliphatic heterocycles. The number of nitrogens with zero attached hydrogens (tertiary/aromatic N) is 3. The molecule has 8 nitrogen and oxygen atoms in total. The van der Waals surface area contributed by atoms with E-state index in [9.17, 15) is 9.59 Å². The van der Waals surface area contributed by atoms with Gasteiger partial charge in [-0.05, 0) is 56.8 Å². The molecule has 3 heterocycles. The van der Waals surface area contributed by atoms with Crippen molar-refractivity contribution in [1.82, 2.24) is 25.1 Å². The Balaban J connectivity index is 1.49. The maximum Gasteiger partial charge on any atom is 0.255 e. The number of carbonyl (C=O) groups excluding carboxylic acids is 2. The fourth-order valence-corrected chi connectivity index (χ4v) is 5.06. The van der Waals surface area contributed by atoms with E-state index in [2.05, 4.69) is 38.9 Å². The summed E-state index contributed by atoms with van der Waals surface area (Å²) in [5.74, 6) is 0.797. The molecule has 4 rings (SSSR count). The molecule has 8 heteroatoms. The van der Waals surface area contributed by atoms with Gasteiger partial charge in [-0.3, -0.25) is 14.5 Å². The average molecular weight is 482 g/mol. The number of amides is 2. The highest BCUT2D eigenvalue weighted by atomic mass is 16.5. The smallest absolute Gasteiger partial charge is 0.255 e. The number of aromatic nitrogens is 2. The molecule has 2 N–H and O–H groups in total. The first-order chi connectivity index (χ1) is 16.9. The first-order valence-corrected chi connectivity index (χ1v) is 12.9. The van der Waals surface area contributed by atoms with Gasteiger partial charge in [-0.25, -0.2) is 4.98 Å². The van der Waals surface area contributed by atoms with Crippen molar-refractivity contribution in [3.8, 4) is 5.75 Å². The van der Waals surface area contributed by atoms with E-state index in [1.54, 1.807) is 6.07 Å². The third-order valence-corrected chi connectivity index (χ3v) is 7.64. The van der Waals surface area contributed by atoms with Gasteiger partial charge in [-0.1, -0.05) is 32.4 Å². The minimum Gasteiger partial charge on any atom is -0.491 e. The Hall–Kier alpha value is -2.87. The van der Waals surface area contributed by atoms with Gasteiger partial charge in [0, 0.05) is 26.3 Å². The molecule has 2 aliphatic rings. The Kier molecular flexibility index (Phi) is 8.11. The highest BCUT2D eigenvalue weighted by molar-refractivity contribution is 5.96. The number of para-hydroxylation sites is 1. The largest absolute Gasteiger partial charge is 0.491 e. The standard InChI is InChI=1S/C27H39N5O3/c1-20(2)23-18-35-24-9-5-4-8-22(24)25(33)29-13-7-6-10-27(26(34)30-23)11-14-32(15-12-27)17-21-16-28-19-31(21)3/h4-5,8-9,16,19-20,23H,6-7,10-15,17-18H2,1-3H3,(H,29,33)(H,30,34)/t23-/m1/s1. The molecular formula is C27H39N5O3. The molecule has 1 fully saturated rings. The maximum absolute atomic E-state index is 13.8. The van der Waals surface area contributed by atoms with E-state index in [1.165, 1.54) is 5.69 Å². The lowest BCUT2D eigenvalue weighted by Gasteiger charge is -2.42. The Bertz CT molecular complexity index is 1010. The summed E-state index contributed by atoms with van der Waals surface area (Å²) < 4.78 is 8.15. The Morgan fingerprint density at radius 1 is 1.14 bits per heavy atom. The zero-order valence-electron chi connectivity index (χ0n) is 21.3. The molecule has 2 aromatic rings. The number of ether oxygens (including phenoxy) is 1. The molecule has 2 amide bonds. The first-order valence-electron chi connectivity index (χ1n) is 12.9. The molecular weight excluding hydrogens is 442 g/mol. The van der Waals surface area contributed by atoms with Gasteiger partial charge in [0.2, 0.25) is 5.91 Å². The Morgan fingerprint density at radius 2 is 1.91 bits per heavy atom. The molecule has 35 heavy (non-hydrogen) atoms.